The van der Waals surface area contributed by atoms with E-state index >= 15 is 0 Å². The minimum Gasteiger partial charge on any atom is -0.378 e. The van der Waals surface area contributed by atoms with Crippen molar-refractivity contribution >= 4 is 26.7 Å². The molecule has 3 heteroatoms. The van der Waals surface area contributed by atoms with Crippen molar-refractivity contribution in [2.45, 2.75) is 37.3 Å². The van der Waals surface area contributed by atoms with Gasteiger partial charge in [-0.25, -0.2) is 0 Å². The molecule has 0 amide bonds. The molecule has 20 heavy (non-hydrogen) atoms. The Morgan fingerprint density at radius 2 is 1.90 bits per heavy atom. The number of benzene rings is 2. The van der Waals surface area contributed by atoms with Crippen molar-refractivity contribution < 1.29 is 4.74 Å². The van der Waals surface area contributed by atoms with E-state index in [1.54, 1.807) is 0 Å². The first kappa shape index (κ1) is 14.1. The highest BCUT2D eigenvalue weighted by molar-refractivity contribution is 9.10. The van der Waals surface area contributed by atoms with Crippen LogP contribution in [0.2, 0.25) is 0 Å². The maximum absolute atomic E-state index is 6.49. The van der Waals surface area contributed by atoms with Crippen LogP contribution >= 0.6 is 15.9 Å². The minimum absolute atomic E-state index is 0.00753. The Labute approximate surface area is 128 Å². The molecule has 3 rings (SSSR count). The van der Waals surface area contributed by atoms with Crippen LogP contribution in [-0.2, 0) is 4.74 Å². The van der Waals surface area contributed by atoms with Gasteiger partial charge in [0.1, 0.15) is 0 Å². The molecule has 2 N–H and O–H groups in total. The maximum Gasteiger partial charge on any atom is 0.0696 e. The quantitative estimate of drug-likeness (QED) is 0.889. The molecule has 106 valence electrons. The summed E-state index contributed by atoms with van der Waals surface area (Å²) < 4.78 is 6.83. The Kier molecular flexibility index (Phi) is 3.85. The summed E-state index contributed by atoms with van der Waals surface area (Å²) in [6, 6.07) is 12.7. The van der Waals surface area contributed by atoms with E-state index in [0.29, 0.717) is 0 Å². The maximum atomic E-state index is 6.49. The van der Waals surface area contributed by atoms with Crippen LogP contribution in [0.5, 0.6) is 0 Å². The molecule has 1 atom stereocenters. The molecule has 1 aliphatic rings. The van der Waals surface area contributed by atoms with Crippen molar-refractivity contribution in [3.05, 3.63) is 46.4 Å². The molecule has 1 saturated carbocycles. The Bertz CT molecular complexity index is 616. The number of methoxy groups -OCH3 is 1. The monoisotopic (exact) mass is 333 g/mol. The molecule has 1 aliphatic carbocycles. The summed E-state index contributed by atoms with van der Waals surface area (Å²) in [7, 11) is 1.81. The molecule has 2 nitrogen and oxygen atoms in total. The summed E-state index contributed by atoms with van der Waals surface area (Å²) in [5.41, 5.74) is 7.71. The van der Waals surface area contributed by atoms with Gasteiger partial charge in [0.25, 0.3) is 0 Å². The van der Waals surface area contributed by atoms with Crippen molar-refractivity contribution in [1.29, 1.82) is 0 Å². The predicted molar refractivity (Wildman–Crippen MR) is 86.8 cm³/mol. The number of hydrogen-bond donors (Lipinski definition) is 1. The highest BCUT2D eigenvalue weighted by atomic mass is 79.9. The summed E-state index contributed by atoms with van der Waals surface area (Å²) in [4.78, 5) is 0. The van der Waals surface area contributed by atoms with E-state index in [2.05, 4.69) is 52.3 Å². The van der Waals surface area contributed by atoms with Crippen molar-refractivity contribution in [2.24, 2.45) is 5.73 Å². The highest BCUT2D eigenvalue weighted by Gasteiger charge is 2.38. The number of nitrogens with two attached hydrogens (primary N) is 1. The van der Waals surface area contributed by atoms with Crippen LogP contribution in [0.1, 0.15) is 37.3 Å². The Morgan fingerprint density at radius 1 is 1.20 bits per heavy atom. The van der Waals surface area contributed by atoms with E-state index in [0.717, 1.165) is 23.7 Å². The molecule has 1 unspecified atom stereocenters. The molecule has 0 saturated heterocycles. The molecule has 0 aliphatic heterocycles. The fourth-order valence-corrected chi connectivity index (χ4v) is 3.66. The van der Waals surface area contributed by atoms with Crippen LogP contribution in [-0.4, -0.2) is 12.7 Å². The third kappa shape index (κ3) is 2.39. The lowest BCUT2D eigenvalue weighted by Gasteiger charge is -2.42. The third-order valence-electron chi connectivity index (χ3n) is 4.59. The van der Waals surface area contributed by atoms with Gasteiger partial charge in [-0.2, -0.15) is 0 Å². The Hall–Kier alpha value is -0.900. The number of hydrogen-bond acceptors (Lipinski definition) is 2. The van der Waals surface area contributed by atoms with Gasteiger partial charge in [0.2, 0.25) is 0 Å². The molecule has 1 fully saturated rings. The van der Waals surface area contributed by atoms with Crippen LogP contribution in [0.3, 0.4) is 0 Å². The third-order valence-corrected chi connectivity index (χ3v) is 5.29. The van der Waals surface area contributed by atoms with Crippen molar-refractivity contribution in [1.82, 2.24) is 0 Å². The molecule has 0 aromatic heterocycles. The van der Waals surface area contributed by atoms with E-state index in [4.69, 9.17) is 10.5 Å². The standard InChI is InChI=1S/C17H20BrNO/c1-20-17(9-4-10-17)11-16(19)14-7-8-15(18)13-6-3-2-5-12(13)14/h2-3,5-8,16H,4,9-11,19H2,1H3. The first-order chi connectivity index (χ1) is 9.65. The van der Waals surface area contributed by atoms with Crippen LogP contribution in [0.15, 0.2) is 40.9 Å². The number of rotatable bonds is 4. The number of ether oxygens (including phenoxy) is 1. The van der Waals surface area contributed by atoms with Gasteiger partial charge in [-0.15, -0.1) is 0 Å². The average Bonchev–Trinajstić information content (AvgIpc) is 2.43. The Balaban J connectivity index is 1.95. The van der Waals surface area contributed by atoms with E-state index in [1.165, 1.54) is 22.8 Å². The zero-order valence-electron chi connectivity index (χ0n) is 11.7. The van der Waals surface area contributed by atoms with Gasteiger partial charge < -0.3 is 10.5 Å². The molecule has 0 bridgehead atoms. The summed E-state index contributed by atoms with van der Waals surface area (Å²) in [5, 5.41) is 2.46. The lowest BCUT2D eigenvalue weighted by Crippen LogP contribution is -2.41. The van der Waals surface area contributed by atoms with Gasteiger partial charge >= 0.3 is 0 Å². The molecule has 0 radical (unpaired) electrons. The SMILES string of the molecule is COC1(CC(N)c2ccc(Br)c3ccccc23)CCC1. The van der Waals surface area contributed by atoms with Crippen LogP contribution in [0.25, 0.3) is 10.8 Å². The van der Waals surface area contributed by atoms with Gasteiger partial charge in [0, 0.05) is 17.6 Å². The summed E-state index contributed by atoms with van der Waals surface area (Å²) in [5.74, 6) is 0. The normalized spacial score (nSPS) is 18.8. The lowest BCUT2D eigenvalue weighted by atomic mass is 9.74. The molecular weight excluding hydrogens is 314 g/mol. The topological polar surface area (TPSA) is 35.2 Å². The van der Waals surface area contributed by atoms with Crippen molar-refractivity contribution in [3.8, 4) is 0 Å². The van der Waals surface area contributed by atoms with Crippen LogP contribution < -0.4 is 5.73 Å². The lowest BCUT2D eigenvalue weighted by molar-refractivity contribution is -0.0816. The smallest absolute Gasteiger partial charge is 0.0696 e. The molecular formula is C17H20BrNO. The number of fused-ring (bicyclic) bond motifs is 1. The van der Waals surface area contributed by atoms with E-state index < -0.39 is 0 Å². The Morgan fingerprint density at radius 3 is 2.50 bits per heavy atom. The zero-order chi connectivity index (χ0) is 14.2. The second-order valence-corrected chi connectivity index (χ2v) is 6.59. The van der Waals surface area contributed by atoms with Gasteiger partial charge in [-0.05, 0) is 48.1 Å². The van der Waals surface area contributed by atoms with Crippen LogP contribution in [0, 0.1) is 0 Å². The van der Waals surface area contributed by atoms with Gasteiger partial charge in [-0.3, -0.25) is 0 Å². The number of halogens is 1. The second-order valence-electron chi connectivity index (χ2n) is 5.73. The fraction of sp³-hybridized carbons (Fsp3) is 0.412. The van der Waals surface area contributed by atoms with E-state index in [1.807, 2.05) is 7.11 Å². The first-order valence-electron chi connectivity index (χ1n) is 7.13. The van der Waals surface area contributed by atoms with Gasteiger partial charge in [-0.1, -0.05) is 46.3 Å². The van der Waals surface area contributed by atoms with Gasteiger partial charge in [0.15, 0.2) is 0 Å². The first-order valence-corrected chi connectivity index (χ1v) is 7.92. The largest absolute Gasteiger partial charge is 0.378 e. The van der Waals surface area contributed by atoms with Gasteiger partial charge in [0.05, 0.1) is 5.60 Å². The van der Waals surface area contributed by atoms with Crippen molar-refractivity contribution in [3.63, 3.8) is 0 Å². The fourth-order valence-electron chi connectivity index (χ4n) is 3.18. The zero-order valence-corrected chi connectivity index (χ0v) is 13.3. The van der Waals surface area contributed by atoms with E-state index in [-0.39, 0.29) is 11.6 Å². The molecule has 0 spiro atoms. The summed E-state index contributed by atoms with van der Waals surface area (Å²) in [6.07, 6.45) is 4.41. The van der Waals surface area contributed by atoms with Crippen molar-refractivity contribution in [2.75, 3.05) is 7.11 Å². The van der Waals surface area contributed by atoms with E-state index in [9.17, 15) is 0 Å². The summed E-state index contributed by atoms with van der Waals surface area (Å²) >= 11 is 3.61. The second kappa shape index (κ2) is 5.47. The minimum atomic E-state index is 0.00753. The highest BCUT2D eigenvalue weighted by Crippen LogP contribution is 2.42. The predicted octanol–water partition coefficient (Wildman–Crippen LogP) is 4.56. The molecule has 2 aromatic rings. The molecule has 0 heterocycles. The summed E-state index contributed by atoms with van der Waals surface area (Å²) in [6.45, 7) is 0. The average molecular weight is 334 g/mol. The molecule has 2 aromatic carbocycles. The van der Waals surface area contributed by atoms with Crippen LogP contribution in [0.4, 0.5) is 0 Å².